The highest BCUT2D eigenvalue weighted by atomic mass is 35.5. The highest BCUT2D eigenvalue weighted by Crippen LogP contribution is 2.37. The summed E-state index contributed by atoms with van der Waals surface area (Å²) in [7, 11) is 0. The van der Waals surface area contributed by atoms with Gasteiger partial charge in [-0.15, -0.1) is 11.3 Å². The Hall–Kier alpha value is -3.30. The van der Waals surface area contributed by atoms with E-state index in [0.29, 0.717) is 15.7 Å². The summed E-state index contributed by atoms with van der Waals surface area (Å²) < 4.78 is 28.7. The Bertz CT molecular complexity index is 1510. The molecule has 0 saturated heterocycles. The van der Waals surface area contributed by atoms with E-state index in [1.807, 2.05) is 72.3 Å². The maximum absolute atomic E-state index is 11.5. The normalized spacial score (nSPS) is 12.0. The highest BCUT2D eigenvalue weighted by Gasteiger charge is 2.17. The molecule has 0 aliphatic rings. The average Bonchev–Trinajstić information content (AvgIpc) is 3.52. The molecule has 6 nitrogen and oxygen atoms in total. The number of benzene rings is 2. The Balaban J connectivity index is 1.51. The summed E-state index contributed by atoms with van der Waals surface area (Å²) in [5, 5.41) is 5.37. The van der Waals surface area contributed by atoms with Gasteiger partial charge in [-0.2, -0.15) is 5.10 Å². The molecule has 35 heavy (non-hydrogen) atoms. The molecule has 0 aliphatic carbocycles. The van der Waals surface area contributed by atoms with Gasteiger partial charge in [-0.3, -0.25) is 4.98 Å². The number of aryl methyl sites for hydroxylation is 1. The van der Waals surface area contributed by atoms with Crippen LogP contribution in [0.4, 0.5) is 0 Å². The van der Waals surface area contributed by atoms with Gasteiger partial charge in [-0.05, 0) is 67.1 Å². The zero-order valence-electron chi connectivity index (χ0n) is 18.6. The number of halogens is 1. The summed E-state index contributed by atoms with van der Waals surface area (Å²) in [5.41, 5.74) is 4.18. The van der Waals surface area contributed by atoms with Crippen LogP contribution >= 0.6 is 22.9 Å². The molecule has 2 aromatic carbocycles. The molecule has 1 N–H and O–H groups in total. The van der Waals surface area contributed by atoms with Gasteiger partial charge < -0.3 is 9.29 Å². The summed E-state index contributed by atoms with van der Waals surface area (Å²) in [6.07, 6.45) is 1.69. The Morgan fingerprint density at radius 1 is 1.03 bits per heavy atom. The zero-order chi connectivity index (χ0) is 24.4. The number of aromatic nitrogens is 3. The van der Waals surface area contributed by atoms with Crippen LogP contribution in [-0.4, -0.2) is 23.5 Å². The third-order valence-electron chi connectivity index (χ3n) is 5.29. The molecule has 0 radical (unpaired) electrons. The van der Waals surface area contributed by atoms with Crippen molar-refractivity contribution in [2.45, 2.75) is 18.4 Å². The van der Waals surface area contributed by atoms with Crippen LogP contribution in [0, 0.1) is 6.92 Å². The largest absolute Gasteiger partial charge is 0.486 e. The van der Waals surface area contributed by atoms with Crippen molar-refractivity contribution in [1.29, 1.82) is 0 Å². The SMILES string of the molecule is Cc1ccc(OCc2cc(-c3ccc(-c4cccc(S(=O)O)c4)s3)n(-c3ccccc3Cl)n2)cn1. The fourth-order valence-electron chi connectivity index (χ4n) is 3.57. The van der Waals surface area contributed by atoms with Gasteiger partial charge in [0.1, 0.15) is 18.1 Å². The monoisotopic (exact) mass is 521 g/mol. The van der Waals surface area contributed by atoms with Crippen molar-refractivity contribution in [3.05, 3.63) is 101 Å². The molecule has 0 fully saturated rings. The number of rotatable bonds is 7. The van der Waals surface area contributed by atoms with Crippen molar-refractivity contribution in [2.75, 3.05) is 0 Å². The molecular formula is C26H20ClN3O3S2. The first-order valence-corrected chi connectivity index (χ1v) is 13.0. The van der Waals surface area contributed by atoms with E-state index in [9.17, 15) is 8.76 Å². The maximum atomic E-state index is 11.5. The fraction of sp³-hybridized carbons (Fsp3) is 0.0769. The first-order valence-electron chi connectivity index (χ1n) is 10.7. The van der Waals surface area contributed by atoms with E-state index >= 15 is 0 Å². The Labute approximate surface area is 214 Å². The number of pyridine rings is 1. The maximum Gasteiger partial charge on any atom is 0.186 e. The molecule has 3 heterocycles. The molecule has 0 aliphatic heterocycles. The summed E-state index contributed by atoms with van der Waals surface area (Å²) >= 11 is 6.05. The third-order valence-corrected chi connectivity index (χ3v) is 7.42. The number of para-hydroxylation sites is 1. The van der Waals surface area contributed by atoms with Gasteiger partial charge in [-0.1, -0.05) is 35.9 Å². The summed E-state index contributed by atoms with van der Waals surface area (Å²) in [6, 6.07) is 24.4. The molecule has 0 bridgehead atoms. The van der Waals surface area contributed by atoms with Crippen LogP contribution in [0.1, 0.15) is 11.4 Å². The van der Waals surface area contributed by atoms with E-state index in [-0.39, 0.29) is 6.61 Å². The van der Waals surface area contributed by atoms with E-state index in [1.165, 1.54) is 0 Å². The van der Waals surface area contributed by atoms with Gasteiger partial charge in [0.25, 0.3) is 0 Å². The second-order valence-corrected chi connectivity index (χ2v) is 10.2. The molecule has 1 unspecified atom stereocenters. The second-order valence-electron chi connectivity index (χ2n) is 7.75. The minimum absolute atomic E-state index is 0.276. The van der Waals surface area contributed by atoms with Crippen molar-refractivity contribution in [1.82, 2.24) is 14.8 Å². The number of ether oxygens (including phenoxy) is 1. The van der Waals surface area contributed by atoms with Crippen molar-refractivity contribution in [3.8, 4) is 32.4 Å². The lowest BCUT2D eigenvalue weighted by atomic mass is 10.2. The fourth-order valence-corrected chi connectivity index (χ4v) is 5.21. The van der Waals surface area contributed by atoms with Crippen molar-refractivity contribution < 1.29 is 13.5 Å². The number of hydrogen-bond donors (Lipinski definition) is 1. The van der Waals surface area contributed by atoms with Gasteiger partial charge in [0.2, 0.25) is 0 Å². The van der Waals surface area contributed by atoms with Gasteiger partial charge in [0.05, 0.1) is 32.4 Å². The minimum atomic E-state index is -2.03. The van der Waals surface area contributed by atoms with E-state index < -0.39 is 11.1 Å². The molecule has 3 aromatic heterocycles. The van der Waals surface area contributed by atoms with Crippen molar-refractivity contribution >= 4 is 34.0 Å². The molecular weight excluding hydrogens is 502 g/mol. The molecule has 9 heteroatoms. The van der Waals surface area contributed by atoms with Crippen molar-refractivity contribution in [3.63, 3.8) is 0 Å². The molecule has 5 rings (SSSR count). The molecule has 0 saturated carbocycles. The zero-order valence-corrected chi connectivity index (χ0v) is 21.0. The van der Waals surface area contributed by atoms with Gasteiger partial charge in [0, 0.05) is 10.6 Å². The lowest BCUT2D eigenvalue weighted by Crippen LogP contribution is -2.01. The number of hydrogen-bond acceptors (Lipinski definition) is 5. The standard InChI is InChI=1S/C26H20ClN3O3S2/c1-17-9-10-20(15-28-17)33-16-19-14-24(30(29-19)23-8-3-2-7-22(23)27)26-12-11-25(34-26)18-5-4-6-21(13-18)35(31)32/h2-15H,16H2,1H3,(H,31,32). The lowest BCUT2D eigenvalue weighted by molar-refractivity contribution is 0.299. The lowest BCUT2D eigenvalue weighted by Gasteiger charge is -2.08. The summed E-state index contributed by atoms with van der Waals surface area (Å²) in [5.74, 6) is 0.670. The van der Waals surface area contributed by atoms with Crippen LogP contribution in [0.3, 0.4) is 0 Å². The topological polar surface area (TPSA) is 77.2 Å². The van der Waals surface area contributed by atoms with Crippen LogP contribution in [0.15, 0.2) is 90.0 Å². The van der Waals surface area contributed by atoms with E-state index in [1.54, 1.807) is 35.7 Å². The van der Waals surface area contributed by atoms with Crippen LogP contribution in [-0.2, 0) is 17.7 Å². The Morgan fingerprint density at radius 2 is 1.86 bits per heavy atom. The predicted molar refractivity (Wildman–Crippen MR) is 140 cm³/mol. The first-order chi connectivity index (χ1) is 17.0. The number of thiophene rings is 1. The van der Waals surface area contributed by atoms with E-state index in [0.717, 1.165) is 38.1 Å². The predicted octanol–water partition coefficient (Wildman–Crippen LogP) is 6.78. The van der Waals surface area contributed by atoms with Crippen LogP contribution in [0.2, 0.25) is 5.02 Å². The van der Waals surface area contributed by atoms with Gasteiger partial charge in [-0.25, -0.2) is 8.89 Å². The molecule has 0 spiro atoms. The molecule has 0 amide bonds. The van der Waals surface area contributed by atoms with E-state index in [2.05, 4.69) is 4.98 Å². The van der Waals surface area contributed by atoms with Crippen LogP contribution in [0.5, 0.6) is 5.75 Å². The molecule has 176 valence electrons. The smallest absolute Gasteiger partial charge is 0.186 e. The highest BCUT2D eigenvalue weighted by molar-refractivity contribution is 7.79. The Kier molecular flexibility index (Phi) is 6.79. The van der Waals surface area contributed by atoms with Crippen LogP contribution < -0.4 is 4.74 Å². The quantitative estimate of drug-likeness (QED) is 0.239. The second kappa shape index (κ2) is 10.1. The summed E-state index contributed by atoms with van der Waals surface area (Å²) in [6.45, 7) is 2.20. The van der Waals surface area contributed by atoms with E-state index in [4.69, 9.17) is 21.4 Å². The summed E-state index contributed by atoms with van der Waals surface area (Å²) in [4.78, 5) is 6.59. The third kappa shape index (κ3) is 5.21. The van der Waals surface area contributed by atoms with Crippen molar-refractivity contribution in [2.24, 2.45) is 0 Å². The first kappa shape index (κ1) is 23.4. The molecule has 1 atom stereocenters. The number of nitrogens with zero attached hydrogens (tertiary/aromatic N) is 3. The Morgan fingerprint density at radius 3 is 2.63 bits per heavy atom. The van der Waals surface area contributed by atoms with Gasteiger partial charge >= 0.3 is 0 Å². The average molecular weight is 522 g/mol. The van der Waals surface area contributed by atoms with Crippen LogP contribution in [0.25, 0.3) is 26.7 Å². The minimum Gasteiger partial charge on any atom is -0.486 e. The molecule has 5 aromatic rings. The van der Waals surface area contributed by atoms with Gasteiger partial charge in [0.15, 0.2) is 11.1 Å².